The van der Waals surface area contributed by atoms with Gasteiger partial charge < -0.3 is 19.1 Å². The molecular weight excluding hydrogens is 906 g/mol. The Hall–Kier alpha value is -6.49. The van der Waals surface area contributed by atoms with E-state index in [1.165, 1.54) is 5.56 Å². The molecule has 2 aromatic heterocycles. The van der Waals surface area contributed by atoms with Crippen molar-refractivity contribution >= 4 is 38.9 Å². The molecule has 0 saturated carbocycles. The normalized spacial score (nSPS) is 12.5. The van der Waals surface area contributed by atoms with E-state index in [0.717, 1.165) is 73.2 Å². The fraction of sp³-hybridized carbons (Fsp3) is 0.0962. The van der Waals surface area contributed by atoms with Crippen molar-refractivity contribution in [1.29, 1.82) is 0 Å². The number of aromatic nitrogens is 3. The summed E-state index contributed by atoms with van der Waals surface area (Å²) in [7, 11) is 0. The minimum absolute atomic E-state index is 0. The molecule has 1 aliphatic rings. The van der Waals surface area contributed by atoms with Gasteiger partial charge in [0, 0.05) is 68.4 Å². The fourth-order valence-electron chi connectivity index (χ4n) is 7.73. The zero-order valence-electron chi connectivity index (χ0n) is 32.9. The third-order valence-electron chi connectivity index (χ3n) is 10.8. The summed E-state index contributed by atoms with van der Waals surface area (Å²) in [4.78, 5) is 14.3. The molecular formula is C52H40N5OPt-3. The molecule has 0 N–H and O–H groups in total. The molecule has 0 fully saturated rings. The van der Waals surface area contributed by atoms with Gasteiger partial charge in [0.2, 0.25) is 5.95 Å². The predicted octanol–water partition coefficient (Wildman–Crippen LogP) is 12.9. The van der Waals surface area contributed by atoms with Crippen LogP contribution in [0.1, 0.15) is 31.9 Å². The minimum atomic E-state index is -0.0736. The molecule has 0 radical (unpaired) electrons. The first-order valence-corrected chi connectivity index (χ1v) is 19.6. The second-order valence-corrected chi connectivity index (χ2v) is 15.7. The van der Waals surface area contributed by atoms with Crippen molar-refractivity contribution in [1.82, 2.24) is 14.5 Å². The summed E-state index contributed by atoms with van der Waals surface area (Å²) >= 11 is 0. The molecule has 0 bridgehead atoms. The van der Waals surface area contributed by atoms with Gasteiger partial charge in [-0.25, -0.2) is 9.97 Å². The van der Waals surface area contributed by atoms with Crippen molar-refractivity contribution in [2.45, 2.75) is 32.7 Å². The van der Waals surface area contributed by atoms with Crippen LogP contribution < -0.4 is 14.5 Å². The van der Waals surface area contributed by atoms with Gasteiger partial charge in [0.05, 0.1) is 0 Å². The zero-order chi connectivity index (χ0) is 39.2. The number of anilines is 3. The number of rotatable bonds is 8. The van der Waals surface area contributed by atoms with Crippen molar-refractivity contribution in [3.8, 4) is 39.7 Å². The maximum atomic E-state index is 6.78. The first-order chi connectivity index (χ1) is 28.4. The van der Waals surface area contributed by atoms with Crippen LogP contribution in [0.4, 0.5) is 17.1 Å². The van der Waals surface area contributed by atoms with Gasteiger partial charge in [0.1, 0.15) is 0 Å². The summed E-state index contributed by atoms with van der Waals surface area (Å²) in [5.41, 5.74) is 11.5. The van der Waals surface area contributed by atoms with Crippen LogP contribution in [0.15, 0.2) is 170 Å². The number of ether oxygens (including phenoxy) is 1. The van der Waals surface area contributed by atoms with Gasteiger partial charge in [-0.2, -0.15) is 12.7 Å². The smallest absolute Gasteiger partial charge is 0.232 e. The van der Waals surface area contributed by atoms with Crippen molar-refractivity contribution < 1.29 is 25.8 Å². The Balaban J connectivity index is 0.00000449. The second kappa shape index (κ2) is 15.7. The molecule has 59 heavy (non-hydrogen) atoms. The minimum Gasteiger partial charge on any atom is -0.509 e. The fourth-order valence-corrected chi connectivity index (χ4v) is 7.73. The number of hydrogen-bond acceptors (Lipinski definition) is 5. The van der Waals surface area contributed by atoms with E-state index in [4.69, 9.17) is 14.7 Å². The molecule has 0 unspecified atom stereocenters. The Morgan fingerprint density at radius 3 is 1.93 bits per heavy atom. The van der Waals surface area contributed by atoms with Gasteiger partial charge in [-0.05, 0) is 56.8 Å². The molecule has 6 nitrogen and oxygen atoms in total. The van der Waals surface area contributed by atoms with Crippen molar-refractivity contribution in [3.05, 3.63) is 200 Å². The Kier molecular flexibility index (Phi) is 10.1. The predicted molar refractivity (Wildman–Crippen MR) is 236 cm³/mol. The number of hydrogen-bond donors (Lipinski definition) is 0. The van der Waals surface area contributed by atoms with Gasteiger partial charge in [0.25, 0.3) is 0 Å². The average Bonchev–Trinajstić information content (AvgIpc) is 3.79. The van der Waals surface area contributed by atoms with Gasteiger partial charge in [-0.3, -0.25) is 0 Å². The van der Waals surface area contributed by atoms with Crippen LogP contribution in [0, 0.1) is 18.8 Å². The number of benzene rings is 7. The van der Waals surface area contributed by atoms with Gasteiger partial charge in [0.15, 0.2) is 0 Å². The molecule has 1 aliphatic heterocycles. The van der Waals surface area contributed by atoms with Gasteiger partial charge in [-0.1, -0.05) is 142 Å². The SMILES string of the molecule is CC(C)(C)c1cnc(-n2c3[c-]c(Oc4[c-]c(N5[CH-]N(Cc6ccccc6)c6ccccc65)cc(-c5ccccc5)c4)ccc3c3cc(-c4ccccc4)ccc32)nc1.[Pt]. The van der Waals surface area contributed by atoms with E-state index in [1.807, 2.05) is 30.6 Å². The summed E-state index contributed by atoms with van der Waals surface area (Å²) < 4.78 is 8.87. The van der Waals surface area contributed by atoms with E-state index in [2.05, 4.69) is 193 Å². The molecule has 292 valence electrons. The van der Waals surface area contributed by atoms with Crippen LogP contribution in [-0.2, 0) is 33.0 Å². The Labute approximate surface area is 359 Å². The van der Waals surface area contributed by atoms with E-state index in [1.54, 1.807) is 0 Å². The molecule has 10 rings (SSSR count). The molecule has 3 heterocycles. The third kappa shape index (κ3) is 7.41. The van der Waals surface area contributed by atoms with Gasteiger partial charge in [-0.15, -0.1) is 47.0 Å². The molecule has 0 amide bonds. The quantitative estimate of drug-likeness (QED) is 0.142. The molecule has 0 spiro atoms. The zero-order valence-corrected chi connectivity index (χ0v) is 35.2. The Bertz CT molecular complexity index is 2910. The molecule has 9 aromatic rings. The summed E-state index contributed by atoms with van der Waals surface area (Å²) in [5.74, 6) is 1.73. The molecule has 0 saturated heterocycles. The van der Waals surface area contributed by atoms with Crippen molar-refractivity contribution in [2.24, 2.45) is 0 Å². The maximum absolute atomic E-state index is 6.78. The monoisotopic (exact) mass is 945 g/mol. The molecule has 0 atom stereocenters. The van der Waals surface area contributed by atoms with E-state index >= 15 is 0 Å². The van der Waals surface area contributed by atoms with Crippen molar-refractivity contribution in [3.63, 3.8) is 0 Å². The summed E-state index contributed by atoms with van der Waals surface area (Å²) in [6.07, 6.45) is 3.86. The van der Waals surface area contributed by atoms with Gasteiger partial charge >= 0.3 is 0 Å². The summed E-state index contributed by atoms with van der Waals surface area (Å²) in [5, 5.41) is 2.12. The van der Waals surface area contributed by atoms with E-state index in [9.17, 15) is 0 Å². The molecule has 7 heteroatoms. The second-order valence-electron chi connectivity index (χ2n) is 15.7. The van der Waals surface area contributed by atoms with E-state index in [-0.39, 0.29) is 26.5 Å². The number of nitrogens with zero attached hydrogens (tertiary/aromatic N) is 5. The summed E-state index contributed by atoms with van der Waals surface area (Å²) in [6, 6.07) is 62.1. The van der Waals surface area contributed by atoms with Crippen LogP contribution in [-0.4, -0.2) is 14.5 Å². The Morgan fingerprint density at radius 2 is 1.24 bits per heavy atom. The Morgan fingerprint density at radius 1 is 0.593 bits per heavy atom. The maximum Gasteiger partial charge on any atom is 0.232 e. The van der Waals surface area contributed by atoms with E-state index in [0.29, 0.717) is 17.4 Å². The topological polar surface area (TPSA) is 46.4 Å². The van der Waals surface area contributed by atoms with Crippen LogP contribution in [0.3, 0.4) is 0 Å². The average molecular weight is 946 g/mol. The standard InChI is InChI=1S/C52H40N5O.Pt/c1-52(2,3)41-32-53-51(54-33-41)57-47-26-23-39(37-17-9-5-10-18-37)29-46(47)45-25-24-43(31-50(45)57)58-44-28-40(38-19-11-6-12-20-38)27-42(30-44)56-35-55(34-36-15-7-4-8-16-36)48-21-13-14-22-49(48)56;/h4-29,32-33,35H,34H2,1-3H3;/q-3;. The van der Waals surface area contributed by atoms with E-state index < -0.39 is 0 Å². The van der Waals surface area contributed by atoms with Crippen LogP contribution in [0.25, 0.3) is 50.0 Å². The number of para-hydroxylation sites is 2. The molecule has 0 aliphatic carbocycles. The molecule has 7 aromatic carbocycles. The number of fused-ring (bicyclic) bond motifs is 4. The largest absolute Gasteiger partial charge is 0.509 e. The first-order valence-electron chi connectivity index (χ1n) is 19.6. The third-order valence-corrected chi connectivity index (χ3v) is 10.8. The van der Waals surface area contributed by atoms with Crippen LogP contribution >= 0.6 is 0 Å². The summed E-state index contributed by atoms with van der Waals surface area (Å²) in [6.45, 7) is 9.42. The first kappa shape index (κ1) is 38.0. The van der Waals surface area contributed by atoms with Crippen LogP contribution in [0.2, 0.25) is 0 Å². The van der Waals surface area contributed by atoms with Crippen LogP contribution in [0.5, 0.6) is 11.5 Å². The van der Waals surface area contributed by atoms with Crippen molar-refractivity contribution in [2.75, 3.05) is 9.80 Å².